The van der Waals surface area contributed by atoms with Crippen molar-refractivity contribution in [1.29, 1.82) is 0 Å². The monoisotopic (exact) mass is 750 g/mol. The zero-order chi connectivity index (χ0) is 38.9. The van der Waals surface area contributed by atoms with Gasteiger partial charge in [0, 0.05) is 32.8 Å². The van der Waals surface area contributed by atoms with Crippen LogP contribution < -0.4 is 0 Å². The lowest BCUT2D eigenvalue weighted by atomic mass is 10.0. The van der Waals surface area contributed by atoms with Gasteiger partial charge >= 0.3 is 0 Å². The Balaban J connectivity index is 1.09. The van der Waals surface area contributed by atoms with Gasteiger partial charge in [-0.2, -0.15) is 0 Å². The highest BCUT2D eigenvalue weighted by molar-refractivity contribution is 6.23. The second-order valence-corrected chi connectivity index (χ2v) is 15.2. The van der Waals surface area contributed by atoms with Crippen LogP contribution in [0.15, 0.2) is 206 Å². The van der Waals surface area contributed by atoms with Gasteiger partial charge in [0.25, 0.3) is 0 Å². The SMILES string of the molecule is c1ccc(-c2ccc(-c3nc(-c4ccc5ccccc5c4)nc(-c4ccc(-n5c6cc7ccccc7cc6c6c7ccccc7ccc65)c5ccccc45)n3)cc2)cc1. The summed E-state index contributed by atoms with van der Waals surface area (Å²) in [5, 5.41) is 11.9. The van der Waals surface area contributed by atoms with Gasteiger partial charge in [-0.3, -0.25) is 0 Å². The molecule has 10 aromatic carbocycles. The first-order valence-electron chi connectivity index (χ1n) is 20.0. The molecule has 274 valence electrons. The van der Waals surface area contributed by atoms with Crippen molar-refractivity contribution in [1.82, 2.24) is 19.5 Å². The van der Waals surface area contributed by atoms with Crippen molar-refractivity contribution in [2.75, 3.05) is 0 Å². The second kappa shape index (κ2) is 13.3. The minimum atomic E-state index is 0.632. The van der Waals surface area contributed by atoms with Gasteiger partial charge in [-0.25, -0.2) is 15.0 Å². The first-order chi connectivity index (χ1) is 29.2. The Morgan fingerprint density at radius 3 is 1.61 bits per heavy atom. The van der Waals surface area contributed by atoms with E-state index >= 15 is 0 Å². The standard InChI is InChI=1S/C55H34N4/c1-2-12-35(13-3-1)37-22-25-39(26-23-37)53-56-54(43-27-24-36-14-4-5-16-40(36)32-43)58-55(57-53)47-29-31-49(46-21-11-10-20-45(46)47)59-50-30-28-38-15-8-9-19-44(38)52(50)48-33-41-17-6-7-18-42(41)34-51(48)59/h1-34H. The van der Waals surface area contributed by atoms with Crippen molar-refractivity contribution in [3.05, 3.63) is 206 Å². The maximum Gasteiger partial charge on any atom is 0.164 e. The summed E-state index contributed by atoms with van der Waals surface area (Å²) in [4.78, 5) is 15.6. The number of aromatic nitrogens is 4. The lowest BCUT2D eigenvalue weighted by molar-refractivity contribution is 1.08. The fraction of sp³-hybridized carbons (Fsp3) is 0. The van der Waals surface area contributed by atoms with E-state index < -0.39 is 0 Å². The maximum atomic E-state index is 5.25. The molecular formula is C55H34N4. The van der Waals surface area contributed by atoms with Crippen molar-refractivity contribution >= 4 is 64.9 Å². The van der Waals surface area contributed by atoms with Gasteiger partial charge in [-0.05, 0) is 85.2 Å². The summed E-state index contributed by atoms with van der Waals surface area (Å²) < 4.78 is 2.45. The van der Waals surface area contributed by atoms with Gasteiger partial charge in [0.2, 0.25) is 0 Å². The van der Waals surface area contributed by atoms with Crippen LogP contribution in [0.2, 0.25) is 0 Å². The maximum absolute atomic E-state index is 5.25. The number of rotatable bonds is 5. The molecule has 0 atom stereocenters. The van der Waals surface area contributed by atoms with Crippen molar-refractivity contribution in [3.63, 3.8) is 0 Å². The van der Waals surface area contributed by atoms with Gasteiger partial charge in [0.15, 0.2) is 17.5 Å². The summed E-state index contributed by atoms with van der Waals surface area (Å²) in [6, 6.07) is 73.5. The van der Waals surface area contributed by atoms with E-state index in [1.807, 2.05) is 6.07 Å². The Bertz CT molecular complexity index is 3600. The zero-order valence-corrected chi connectivity index (χ0v) is 31.9. The van der Waals surface area contributed by atoms with Crippen LogP contribution >= 0.6 is 0 Å². The summed E-state index contributed by atoms with van der Waals surface area (Å²) >= 11 is 0. The highest BCUT2D eigenvalue weighted by Crippen LogP contribution is 2.42. The number of nitrogens with zero attached hydrogens (tertiary/aromatic N) is 4. The molecule has 0 spiro atoms. The third-order valence-corrected chi connectivity index (χ3v) is 11.8. The minimum Gasteiger partial charge on any atom is -0.309 e. The van der Waals surface area contributed by atoms with Crippen LogP contribution in [0, 0.1) is 0 Å². The molecule has 0 aliphatic rings. The third-order valence-electron chi connectivity index (χ3n) is 11.8. The van der Waals surface area contributed by atoms with Gasteiger partial charge in [-0.15, -0.1) is 0 Å². The van der Waals surface area contributed by atoms with Crippen molar-refractivity contribution in [2.45, 2.75) is 0 Å². The molecule has 0 radical (unpaired) electrons. The van der Waals surface area contributed by atoms with E-state index in [1.54, 1.807) is 0 Å². The lowest BCUT2D eigenvalue weighted by Gasteiger charge is -2.15. The highest BCUT2D eigenvalue weighted by Gasteiger charge is 2.20. The van der Waals surface area contributed by atoms with Gasteiger partial charge in [-0.1, -0.05) is 170 Å². The minimum absolute atomic E-state index is 0.632. The summed E-state index contributed by atoms with van der Waals surface area (Å²) in [6.45, 7) is 0. The molecule has 4 nitrogen and oxygen atoms in total. The molecule has 2 heterocycles. The molecule has 0 unspecified atom stereocenters. The van der Waals surface area contributed by atoms with Gasteiger partial charge < -0.3 is 4.57 Å². The molecule has 0 aliphatic heterocycles. The first kappa shape index (κ1) is 33.2. The summed E-state index contributed by atoms with van der Waals surface area (Å²) in [5.41, 5.74) is 8.60. The van der Waals surface area contributed by atoms with Gasteiger partial charge in [0.1, 0.15) is 0 Å². The summed E-state index contributed by atoms with van der Waals surface area (Å²) in [6.07, 6.45) is 0. The molecule has 0 saturated carbocycles. The molecule has 12 rings (SSSR count). The molecule has 59 heavy (non-hydrogen) atoms. The predicted octanol–water partition coefficient (Wildman–Crippen LogP) is 14.2. The Morgan fingerprint density at radius 1 is 0.288 bits per heavy atom. The van der Waals surface area contributed by atoms with E-state index in [-0.39, 0.29) is 0 Å². The number of hydrogen-bond acceptors (Lipinski definition) is 3. The van der Waals surface area contributed by atoms with Crippen LogP contribution in [0.4, 0.5) is 0 Å². The van der Waals surface area contributed by atoms with Crippen LogP contribution in [-0.4, -0.2) is 19.5 Å². The molecular weight excluding hydrogens is 717 g/mol. The van der Waals surface area contributed by atoms with Crippen LogP contribution in [0.1, 0.15) is 0 Å². The fourth-order valence-electron chi connectivity index (χ4n) is 8.93. The molecule has 0 amide bonds. The van der Waals surface area contributed by atoms with E-state index in [1.165, 1.54) is 54.3 Å². The van der Waals surface area contributed by atoms with Crippen LogP contribution in [0.3, 0.4) is 0 Å². The Morgan fingerprint density at radius 2 is 0.831 bits per heavy atom. The van der Waals surface area contributed by atoms with E-state index in [9.17, 15) is 0 Å². The fourth-order valence-corrected chi connectivity index (χ4v) is 8.93. The topological polar surface area (TPSA) is 43.6 Å². The Hall–Kier alpha value is -7.95. The van der Waals surface area contributed by atoms with E-state index in [4.69, 9.17) is 15.0 Å². The lowest BCUT2D eigenvalue weighted by Crippen LogP contribution is -2.02. The smallest absolute Gasteiger partial charge is 0.164 e. The average molecular weight is 751 g/mol. The van der Waals surface area contributed by atoms with Crippen molar-refractivity contribution < 1.29 is 0 Å². The van der Waals surface area contributed by atoms with Crippen LogP contribution in [0.5, 0.6) is 0 Å². The zero-order valence-electron chi connectivity index (χ0n) is 31.9. The molecule has 2 aromatic heterocycles. The number of benzene rings is 10. The van der Waals surface area contributed by atoms with E-state index in [2.05, 4.69) is 205 Å². The largest absolute Gasteiger partial charge is 0.309 e. The molecule has 12 aromatic rings. The van der Waals surface area contributed by atoms with Crippen LogP contribution in [0.25, 0.3) is 116 Å². The summed E-state index contributed by atoms with van der Waals surface area (Å²) in [7, 11) is 0. The third kappa shape index (κ3) is 5.49. The Labute approximate surface area is 340 Å². The van der Waals surface area contributed by atoms with Crippen LogP contribution in [-0.2, 0) is 0 Å². The number of fused-ring (bicyclic) bond motifs is 8. The average Bonchev–Trinajstić information content (AvgIpc) is 3.63. The van der Waals surface area contributed by atoms with Gasteiger partial charge in [0.05, 0.1) is 16.7 Å². The molecule has 0 fully saturated rings. The Kier molecular flexibility index (Phi) is 7.50. The quantitative estimate of drug-likeness (QED) is 0.176. The first-order valence-corrected chi connectivity index (χ1v) is 20.0. The normalized spacial score (nSPS) is 11.7. The molecule has 0 bridgehead atoms. The molecule has 0 aliphatic carbocycles. The summed E-state index contributed by atoms with van der Waals surface area (Å²) in [5.74, 6) is 1.90. The van der Waals surface area contributed by atoms with E-state index in [0.29, 0.717) is 17.5 Å². The molecule has 4 heteroatoms. The van der Waals surface area contributed by atoms with E-state index in [0.717, 1.165) is 44.1 Å². The van der Waals surface area contributed by atoms with Crippen molar-refractivity contribution in [3.8, 4) is 51.0 Å². The second-order valence-electron chi connectivity index (χ2n) is 15.2. The molecule has 0 N–H and O–H groups in total. The predicted molar refractivity (Wildman–Crippen MR) is 246 cm³/mol. The number of hydrogen-bond donors (Lipinski definition) is 0. The molecule has 0 saturated heterocycles. The highest BCUT2D eigenvalue weighted by atomic mass is 15.0. The van der Waals surface area contributed by atoms with Crippen molar-refractivity contribution in [2.24, 2.45) is 0 Å².